The van der Waals surface area contributed by atoms with E-state index in [9.17, 15) is 18.0 Å². The predicted molar refractivity (Wildman–Crippen MR) is 133 cm³/mol. The fraction of sp³-hybridized carbons (Fsp3) is 0.304. The van der Waals surface area contributed by atoms with Crippen LogP contribution in [0.4, 0.5) is 13.2 Å². The van der Waals surface area contributed by atoms with Crippen molar-refractivity contribution < 1.29 is 22.7 Å². The maximum absolute atomic E-state index is 13.1. The van der Waals surface area contributed by atoms with Gasteiger partial charge in [0.2, 0.25) is 5.91 Å². The zero-order chi connectivity index (χ0) is 26.3. The average Bonchev–Trinajstić information content (AvgIpc) is 3.23. The number of alkyl halides is 3. The summed E-state index contributed by atoms with van der Waals surface area (Å²) in [6.45, 7) is 3.90. The van der Waals surface area contributed by atoms with Crippen LogP contribution in [0.1, 0.15) is 32.5 Å². The van der Waals surface area contributed by atoms with E-state index in [0.717, 1.165) is 18.9 Å². The molecule has 0 aliphatic carbocycles. The molecule has 0 saturated heterocycles. The van der Waals surface area contributed by atoms with E-state index in [1.165, 1.54) is 23.6 Å². The zero-order valence-electron chi connectivity index (χ0n) is 19.2. The van der Waals surface area contributed by atoms with Crippen molar-refractivity contribution in [2.75, 3.05) is 6.54 Å². The zero-order valence-corrected chi connectivity index (χ0v) is 21.5. The largest absolute Gasteiger partial charge is 0.573 e. The van der Waals surface area contributed by atoms with E-state index < -0.39 is 23.6 Å². The SMILES string of the molecule is CCCCNC(=O)[C@@](C)(N)c1nc2c(Br)cccc2c2nc(-c3ccc(Cl)cc3OC(F)(F)F)nn12. The van der Waals surface area contributed by atoms with Gasteiger partial charge < -0.3 is 15.8 Å². The number of nitrogens with one attached hydrogen (secondary N) is 1. The second kappa shape index (κ2) is 9.83. The standard InChI is InChI=1S/C23H21BrClF3N6O2/c1-3-4-10-30-21(35)22(2,29)20-31-17-14(6-5-7-15(17)24)19-32-18(33-34(19)20)13-9-8-12(25)11-16(13)36-23(26,27)28/h5-9,11H,3-4,10,29H2,1-2H3,(H,30,35)/t22-/m0/s1. The van der Waals surface area contributed by atoms with Crippen molar-refractivity contribution in [2.24, 2.45) is 5.73 Å². The van der Waals surface area contributed by atoms with Gasteiger partial charge >= 0.3 is 6.36 Å². The molecule has 36 heavy (non-hydrogen) atoms. The number of unbranched alkanes of at least 4 members (excludes halogenated alkanes) is 1. The van der Waals surface area contributed by atoms with E-state index in [-0.39, 0.29) is 27.9 Å². The Balaban J connectivity index is 1.96. The number of nitrogens with zero attached hydrogens (tertiary/aromatic N) is 4. The molecule has 3 N–H and O–H groups in total. The molecule has 0 saturated carbocycles. The quantitative estimate of drug-likeness (QED) is 0.283. The summed E-state index contributed by atoms with van der Waals surface area (Å²) >= 11 is 9.37. The summed E-state index contributed by atoms with van der Waals surface area (Å²) < 4.78 is 45.3. The van der Waals surface area contributed by atoms with Crippen LogP contribution in [0.15, 0.2) is 40.9 Å². The van der Waals surface area contributed by atoms with E-state index >= 15 is 0 Å². The van der Waals surface area contributed by atoms with Gasteiger partial charge in [-0.25, -0.2) is 9.97 Å². The molecule has 0 bridgehead atoms. The molecule has 1 atom stereocenters. The van der Waals surface area contributed by atoms with Gasteiger partial charge in [0.1, 0.15) is 5.75 Å². The number of hydrogen-bond acceptors (Lipinski definition) is 6. The van der Waals surface area contributed by atoms with Crippen molar-refractivity contribution in [1.29, 1.82) is 0 Å². The van der Waals surface area contributed by atoms with Crippen LogP contribution in [0.2, 0.25) is 5.02 Å². The molecule has 0 spiro atoms. The molecule has 0 fully saturated rings. The Morgan fingerprint density at radius 3 is 2.69 bits per heavy atom. The molecule has 4 rings (SSSR count). The van der Waals surface area contributed by atoms with Crippen LogP contribution in [0, 0.1) is 0 Å². The van der Waals surface area contributed by atoms with Crippen LogP contribution in [0.25, 0.3) is 27.9 Å². The predicted octanol–water partition coefficient (Wildman–Crippen LogP) is 5.35. The van der Waals surface area contributed by atoms with E-state index in [4.69, 9.17) is 17.3 Å². The topological polar surface area (TPSA) is 107 Å². The third-order valence-electron chi connectivity index (χ3n) is 5.42. The Morgan fingerprint density at radius 2 is 2.00 bits per heavy atom. The molecule has 0 radical (unpaired) electrons. The molecule has 2 heterocycles. The molecule has 2 aromatic carbocycles. The van der Waals surface area contributed by atoms with Gasteiger partial charge in [-0.2, -0.15) is 4.52 Å². The van der Waals surface area contributed by atoms with Crippen molar-refractivity contribution in [1.82, 2.24) is 24.9 Å². The lowest BCUT2D eigenvalue weighted by Gasteiger charge is -2.24. The van der Waals surface area contributed by atoms with Crippen LogP contribution in [0.5, 0.6) is 5.75 Å². The second-order valence-electron chi connectivity index (χ2n) is 8.24. The molecule has 0 unspecified atom stereocenters. The molecular weight excluding hydrogens is 565 g/mol. The van der Waals surface area contributed by atoms with Gasteiger partial charge in [0, 0.05) is 21.4 Å². The lowest BCUT2D eigenvalue weighted by atomic mass is 10.0. The maximum atomic E-state index is 13.1. The Hall–Kier alpha value is -2.96. The van der Waals surface area contributed by atoms with Gasteiger partial charge in [0.15, 0.2) is 22.8 Å². The molecule has 13 heteroatoms. The number of ether oxygens (including phenoxy) is 1. The minimum atomic E-state index is -4.96. The third kappa shape index (κ3) is 5.11. The van der Waals surface area contributed by atoms with Crippen LogP contribution in [-0.4, -0.2) is 38.4 Å². The van der Waals surface area contributed by atoms with E-state index in [2.05, 4.69) is 41.1 Å². The van der Waals surface area contributed by atoms with Gasteiger partial charge in [-0.05, 0) is 59.6 Å². The number of halogens is 5. The smallest absolute Gasteiger partial charge is 0.405 e. The van der Waals surface area contributed by atoms with Crippen LogP contribution in [0.3, 0.4) is 0 Å². The molecule has 0 aliphatic heterocycles. The summed E-state index contributed by atoms with van der Waals surface area (Å²) in [5.41, 5.74) is 5.49. The van der Waals surface area contributed by atoms with E-state index in [1.54, 1.807) is 18.2 Å². The third-order valence-corrected chi connectivity index (χ3v) is 6.29. The molecule has 0 aliphatic rings. The first-order valence-corrected chi connectivity index (χ1v) is 12.1. The first-order chi connectivity index (χ1) is 16.9. The Labute approximate surface area is 217 Å². The molecule has 190 valence electrons. The Bertz CT molecular complexity index is 1460. The van der Waals surface area contributed by atoms with Gasteiger partial charge in [0.05, 0.1) is 11.1 Å². The first kappa shape index (κ1) is 26.1. The highest BCUT2D eigenvalue weighted by Gasteiger charge is 2.37. The lowest BCUT2D eigenvalue weighted by Crippen LogP contribution is -2.51. The van der Waals surface area contributed by atoms with Crippen molar-refractivity contribution in [3.63, 3.8) is 0 Å². The first-order valence-electron chi connectivity index (χ1n) is 10.9. The number of carbonyl (C=O) groups is 1. The molecule has 1 amide bonds. The summed E-state index contributed by atoms with van der Waals surface area (Å²) in [5.74, 6) is -1.10. The minimum Gasteiger partial charge on any atom is -0.405 e. The van der Waals surface area contributed by atoms with Crippen molar-refractivity contribution in [2.45, 2.75) is 38.6 Å². The Morgan fingerprint density at radius 1 is 1.25 bits per heavy atom. The summed E-state index contributed by atoms with van der Waals surface area (Å²) in [6, 6.07) is 8.99. The van der Waals surface area contributed by atoms with Gasteiger partial charge in [-0.1, -0.05) is 31.0 Å². The van der Waals surface area contributed by atoms with Crippen LogP contribution in [-0.2, 0) is 10.3 Å². The number of carbonyl (C=O) groups excluding carboxylic acids is 1. The van der Waals surface area contributed by atoms with Crippen molar-refractivity contribution in [3.8, 4) is 17.1 Å². The maximum Gasteiger partial charge on any atom is 0.573 e. The lowest BCUT2D eigenvalue weighted by molar-refractivity contribution is -0.274. The molecule has 4 aromatic rings. The fourth-order valence-electron chi connectivity index (χ4n) is 3.60. The number of benzene rings is 2. The number of nitrogens with two attached hydrogens (primary N) is 1. The second-order valence-corrected chi connectivity index (χ2v) is 9.53. The highest BCUT2D eigenvalue weighted by atomic mass is 79.9. The normalized spacial score (nSPS) is 13.7. The number of amides is 1. The molecule has 2 aromatic heterocycles. The van der Waals surface area contributed by atoms with Gasteiger partial charge in [-0.15, -0.1) is 18.3 Å². The van der Waals surface area contributed by atoms with Crippen LogP contribution < -0.4 is 15.8 Å². The summed E-state index contributed by atoms with van der Waals surface area (Å²) in [7, 11) is 0. The highest BCUT2D eigenvalue weighted by molar-refractivity contribution is 9.10. The number of fused-ring (bicyclic) bond motifs is 3. The average molecular weight is 586 g/mol. The highest BCUT2D eigenvalue weighted by Crippen LogP contribution is 2.36. The fourth-order valence-corrected chi connectivity index (χ4v) is 4.22. The number of aromatic nitrogens is 4. The number of para-hydroxylation sites is 1. The van der Waals surface area contributed by atoms with Crippen molar-refractivity contribution >= 4 is 50.0 Å². The summed E-state index contributed by atoms with van der Waals surface area (Å²) in [4.78, 5) is 22.1. The summed E-state index contributed by atoms with van der Waals surface area (Å²) in [5, 5.41) is 7.78. The van der Waals surface area contributed by atoms with Gasteiger partial charge in [-0.3, -0.25) is 4.79 Å². The van der Waals surface area contributed by atoms with Crippen LogP contribution >= 0.6 is 27.5 Å². The summed E-state index contributed by atoms with van der Waals surface area (Å²) in [6.07, 6.45) is -3.32. The van der Waals surface area contributed by atoms with E-state index in [0.29, 0.717) is 21.9 Å². The molecule has 8 nitrogen and oxygen atoms in total. The molecular formula is C23H21BrClF3N6O2. The minimum absolute atomic E-state index is 0.0387. The number of hydrogen-bond donors (Lipinski definition) is 2. The van der Waals surface area contributed by atoms with Crippen molar-refractivity contribution in [3.05, 3.63) is 51.7 Å². The van der Waals surface area contributed by atoms with E-state index in [1.807, 2.05) is 6.92 Å². The number of rotatable bonds is 7. The Kier molecular flexibility index (Phi) is 7.13. The van der Waals surface area contributed by atoms with Gasteiger partial charge in [0.25, 0.3) is 0 Å². The monoisotopic (exact) mass is 584 g/mol.